The summed E-state index contributed by atoms with van der Waals surface area (Å²) in [6.07, 6.45) is -4.44. The number of nitrogens with one attached hydrogen (secondary N) is 1. The fourth-order valence-electron chi connectivity index (χ4n) is 2.06. The third kappa shape index (κ3) is 4.50. The van der Waals surface area contributed by atoms with Gasteiger partial charge in [-0.05, 0) is 18.2 Å². The Kier molecular flexibility index (Phi) is 5.53. The molecule has 0 radical (unpaired) electrons. The van der Waals surface area contributed by atoms with Crippen molar-refractivity contribution in [3.05, 3.63) is 35.7 Å². The highest BCUT2D eigenvalue weighted by Crippen LogP contribution is 2.30. The molecule has 5 nitrogen and oxygen atoms in total. The number of amides is 1. The second-order valence-corrected chi connectivity index (χ2v) is 6.41. The summed E-state index contributed by atoms with van der Waals surface area (Å²) < 4.78 is 39.8. The van der Waals surface area contributed by atoms with E-state index in [1.54, 1.807) is 4.57 Å². The minimum Gasteiger partial charge on any atom is -0.325 e. The zero-order valence-corrected chi connectivity index (χ0v) is 14.2. The van der Waals surface area contributed by atoms with Crippen LogP contribution in [0.4, 0.5) is 18.9 Å². The van der Waals surface area contributed by atoms with Crippen LogP contribution in [0.3, 0.4) is 0 Å². The predicted octanol–water partition coefficient (Wildman–Crippen LogP) is 3.69. The van der Waals surface area contributed by atoms with E-state index in [2.05, 4.69) is 15.5 Å². The maximum absolute atomic E-state index is 12.7. The van der Waals surface area contributed by atoms with Gasteiger partial charge in [-0.3, -0.25) is 4.79 Å². The molecular formula is C15H17F3N4OS. The van der Waals surface area contributed by atoms with Crippen molar-refractivity contribution in [1.82, 2.24) is 14.8 Å². The highest BCUT2D eigenvalue weighted by molar-refractivity contribution is 7.99. The topological polar surface area (TPSA) is 59.8 Å². The zero-order chi connectivity index (χ0) is 17.9. The highest BCUT2D eigenvalue weighted by atomic mass is 32.2. The fraction of sp³-hybridized carbons (Fsp3) is 0.400. The van der Waals surface area contributed by atoms with Gasteiger partial charge in [-0.25, -0.2) is 0 Å². The van der Waals surface area contributed by atoms with Gasteiger partial charge in [-0.15, -0.1) is 10.2 Å². The monoisotopic (exact) mass is 358 g/mol. The molecule has 0 saturated heterocycles. The molecule has 0 aliphatic rings. The molecule has 130 valence electrons. The molecule has 2 rings (SSSR count). The van der Waals surface area contributed by atoms with Crippen LogP contribution < -0.4 is 5.32 Å². The molecule has 1 aromatic carbocycles. The summed E-state index contributed by atoms with van der Waals surface area (Å²) in [7, 11) is 1.81. The Labute approximate surface area is 141 Å². The van der Waals surface area contributed by atoms with Crippen LogP contribution in [-0.4, -0.2) is 26.4 Å². The number of alkyl halides is 3. The lowest BCUT2D eigenvalue weighted by atomic mass is 10.2. The smallest absolute Gasteiger partial charge is 0.325 e. The SMILES string of the molecule is CC(C)c1nnc(SCC(=O)Nc2cccc(C(F)(F)F)c2)n1C. The number of hydrogen-bond donors (Lipinski definition) is 1. The molecule has 0 aliphatic carbocycles. The average Bonchev–Trinajstić information content (AvgIpc) is 2.86. The molecule has 1 heterocycles. The molecule has 0 aliphatic heterocycles. The average molecular weight is 358 g/mol. The molecule has 2 aromatic rings. The van der Waals surface area contributed by atoms with Gasteiger partial charge in [-0.1, -0.05) is 31.7 Å². The number of hydrogen-bond acceptors (Lipinski definition) is 4. The summed E-state index contributed by atoms with van der Waals surface area (Å²) in [5, 5.41) is 11.1. The summed E-state index contributed by atoms with van der Waals surface area (Å²) in [6.45, 7) is 3.97. The zero-order valence-electron chi connectivity index (χ0n) is 13.4. The van der Waals surface area contributed by atoms with Crippen LogP contribution >= 0.6 is 11.8 Å². The summed E-state index contributed by atoms with van der Waals surface area (Å²) in [5.41, 5.74) is -0.695. The number of carbonyl (C=O) groups is 1. The van der Waals surface area contributed by atoms with Crippen LogP contribution in [0, 0.1) is 0 Å². The third-order valence-electron chi connectivity index (χ3n) is 3.19. The molecule has 0 unspecified atom stereocenters. The van der Waals surface area contributed by atoms with E-state index >= 15 is 0 Å². The first-order chi connectivity index (χ1) is 11.2. The summed E-state index contributed by atoms with van der Waals surface area (Å²) in [5.74, 6) is 0.625. The van der Waals surface area contributed by atoms with E-state index in [1.807, 2.05) is 20.9 Å². The molecule has 0 spiro atoms. The Balaban J connectivity index is 1.97. The summed E-state index contributed by atoms with van der Waals surface area (Å²) in [6, 6.07) is 4.53. The quantitative estimate of drug-likeness (QED) is 0.828. The molecule has 0 bridgehead atoms. The second kappa shape index (κ2) is 7.25. The number of aromatic nitrogens is 3. The number of thioether (sulfide) groups is 1. The van der Waals surface area contributed by atoms with Crippen LogP contribution in [0.25, 0.3) is 0 Å². The Morgan fingerprint density at radius 1 is 1.33 bits per heavy atom. The van der Waals surface area contributed by atoms with E-state index in [0.29, 0.717) is 5.16 Å². The Morgan fingerprint density at radius 2 is 2.04 bits per heavy atom. The van der Waals surface area contributed by atoms with Crippen LogP contribution in [0.5, 0.6) is 0 Å². The van der Waals surface area contributed by atoms with Gasteiger partial charge >= 0.3 is 6.18 Å². The van der Waals surface area contributed by atoms with Crippen LogP contribution in [0.1, 0.15) is 31.2 Å². The summed E-state index contributed by atoms with van der Waals surface area (Å²) >= 11 is 1.18. The normalized spacial score (nSPS) is 11.8. The van der Waals surface area contributed by atoms with Crippen molar-refractivity contribution in [3.8, 4) is 0 Å². The van der Waals surface area contributed by atoms with Crippen LogP contribution in [0.15, 0.2) is 29.4 Å². The Hall–Kier alpha value is -2.03. The number of benzene rings is 1. The van der Waals surface area contributed by atoms with Gasteiger partial charge in [0.2, 0.25) is 5.91 Å². The van der Waals surface area contributed by atoms with Crippen LogP contribution in [0.2, 0.25) is 0 Å². The van der Waals surface area contributed by atoms with Gasteiger partial charge in [0.25, 0.3) is 0 Å². The first-order valence-corrected chi connectivity index (χ1v) is 8.16. The lowest BCUT2D eigenvalue weighted by Crippen LogP contribution is -2.15. The van der Waals surface area contributed by atoms with Crippen molar-refractivity contribution in [3.63, 3.8) is 0 Å². The van der Waals surface area contributed by atoms with Crippen molar-refractivity contribution >= 4 is 23.4 Å². The molecule has 1 N–H and O–H groups in total. The lowest BCUT2D eigenvalue weighted by molar-refractivity contribution is -0.137. The molecule has 0 saturated carbocycles. The van der Waals surface area contributed by atoms with Crippen LogP contribution in [-0.2, 0) is 18.0 Å². The van der Waals surface area contributed by atoms with Crippen molar-refractivity contribution in [2.75, 3.05) is 11.1 Å². The van der Waals surface area contributed by atoms with E-state index in [9.17, 15) is 18.0 Å². The first kappa shape index (κ1) is 18.3. The second-order valence-electron chi connectivity index (χ2n) is 5.47. The maximum atomic E-state index is 12.7. The Bertz CT molecular complexity index is 728. The van der Waals surface area contributed by atoms with Gasteiger partial charge in [0.1, 0.15) is 5.82 Å². The number of carbonyl (C=O) groups excluding carboxylic acids is 1. The van der Waals surface area contributed by atoms with E-state index < -0.39 is 17.6 Å². The minimum absolute atomic E-state index is 0.0281. The molecule has 9 heteroatoms. The standard InChI is InChI=1S/C15H17F3N4OS/c1-9(2)13-20-21-14(22(13)3)24-8-12(23)19-11-6-4-5-10(7-11)15(16,17)18/h4-7,9H,8H2,1-3H3,(H,19,23). The van der Waals surface area contributed by atoms with Crippen molar-refractivity contribution in [2.24, 2.45) is 7.05 Å². The number of halogens is 3. The third-order valence-corrected chi connectivity index (χ3v) is 4.21. The van der Waals surface area contributed by atoms with Gasteiger partial charge in [0.05, 0.1) is 11.3 Å². The van der Waals surface area contributed by atoms with E-state index in [-0.39, 0.29) is 17.4 Å². The van der Waals surface area contributed by atoms with Crippen molar-refractivity contribution in [2.45, 2.75) is 31.1 Å². The van der Waals surface area contributed by atoms with Gasteiger partial charge in [0, 0.05) is 18.7 Å². The van der Waals surface area contributed by atoms with E-state index in [0.717, 1.165) is 18.0 Å². The molecule has 0 fully saturated rings. The molecular weight excluding hydrogens is 341 g/mol. The van der Waals surface area contributed by atoms with Gasteiger partial charge < -0.3 is 9.88 Å². The number of nitrogens with zero attached hydrogens (tertiary/aromatic N) is 3. The largest absolute Gasteiger partial charge is 0.416 e. The molecule has 1 amide bonds. The van der Waals surface area contributed by atoms with E-state index in [1.165, 1.54) is 23.9 Å². The predicted molar refractivity (Wildman–Crippen MR) is 85.9 cm³/mol. The first-order valence-electron chi connectivity index (χ1n) is 7.17. The minimum atomic E-state index is -4.44. The molecule has 24 heavy (non-hydrogen) atoms. The Morgan fingerprint density at radius 3 is 2.62 bits per heavy atom. The van der Waals surface area contributed by atoms with Gasteiger partial charge in [0.15, 0.2) is 5.16 Å². The number of rotatable bonds is 5. The summed E-state index contributed by atoms with van der Waals surface area (Å²) in [4.78, 5) is 11.9. The van der Waals surface area contributed by atoms with Crippen molar-refractivity contribution < 1.29 is 18.0 Å². The highest BCUT2D eigenvalue weighted by Gasteiger charge is 2.30. The van der Waals surface area contributed by atoms with Gasteiger partial charge in [-0.2, -0.15) is 13.2 Å². The molecule has 0 atom stereocenters. The molecule has 1 aromatic heterocycles. The van der Waals surface area contributed by atoms with E-state index in [4.69, 9.17) is 0 Å². The number of anilines is 1. The maximum Gasteiger partial charge on any atom is 0.416 e. The fourth-order valence-corrected chi connectivity index (χ4v) is 2.77. The van der Waals surface area contributed by atoms with Crippen molar-refractivity contribution in [1.29, 1.82) is 0 Å². The lowest BCUT2D eigenvalue weighted by Gasteiger charge is -2.10.